The Kier molecular flexibility index (Phi) is 6.22. The Balaban J connectivity index is 2.61. The number of carbonyl (C=O) groups is 1. The summed E-state index contributed by atoms with van der Waals surface area (Å²) in [6.45, 7) is 5.61. The summed E-state index contributed by atoms with van der Waals surface area (Å²) >= 11 is 0. The monoisotopic (exact) mass is 292 g/mol. The van der Waals surface area contributed by atoms with Crippen molar-refractivity contribution in [1.29, 1.82) is 0 Å². The van der Waals surface area contributed by atoms with E-state index in [1.54, 1.807) is 0 Å². The fraction of sp³-hybridized carbons (Fsp3) is 0.917. The van der Waals surface area contributed by atoms with Gasteiger partial charge in [0.2, 0.25) is 0 Å². The molecule has 1 saturated heterocycles. The molecule has 0 saturated carbocycles. The Morgan fingerprint density at radius 3 is 2.74 bits per heavy atom. The van der Waals surface area contributed by atoms with Crippen molar-refractivity contribution in [3.63, 3.8) is 0 Å². The minimum absolute atomic E-state index is 0.0608. The third-order valence-corrected chi connectivity index (χ3v) is 5.15. The van der Waals surface area contributed by atoms with E-state index in [2.05, 4.69) is 5.32 Å². The maximum absolute atomic E-state index is 11.7. The second kappa shape index (κ2) is 7.21. The van der Waals surface area contributed by atoms with Crippen LogP contribution in [0.25, 0.3) is 0 Å². The molecule has 6 nitrogen and oxygen atoms in total. The Morgan fingerprint density at radius 1 is 1.53 bits per heavy atom. The zero-order valence-electron chi connectivity index (χ0n) is 11.9. The number of rotatable bonds is 6. The molecule has 0 amide bonds. The first-order valence-electron chi connectivity index (χ1n) is 6.65. The Bertz CT molecular complexity index is 397. The summed E-state index contributed by atoms with van der Waals surface area (Å²) in [4.78, 5) is 13.7. The molecule has 1 fully saturated rings. The molecule has 112 valence electrons. The van der Waals surface area contributed by atoms with Gasteiger partial charge in [0.15, 0.2) is 9.84 Å². The third kappa shape index (κ3) is 5.08. The van der Waals surface area contributed by atoms with Crippen LogP contribution in [0, 0.1) is 0 Å². The fourth-order valence-corrected chi connectivity index (χ4v) is 3.85. The standard InChI is InChI=1S/C12H24N2O4S/c1-4-5-13-11(12(15)18-3)8-14-6-7-19(16,17)9-10(14)2/h10-11,13H,4-9H2,1-3H3. The van der Waals surface area contributed by atoms with E-state index in [4.69, 9.17) is 4.74 Å². The normalized spacial score (nSPS) is 24.9. The lowest BCUT2D eigenvalue weighted by atomic mass is 10.2. The van der Waals surface area contributed by atoms with Gasteiger partial charge < -0.3 is 10.1 Å². The first kappa shape index (κ1) is 16.4. The van der Waals surface area contributed by atoms with Crippen LogP contribution in [0.4, 0.5) is 0 Å². The molecule has 1 N–H and O–H groups in total. The van der Waals surface area contributed by atoms with E-state index in [-0.39, 0.29) is 23.5 Å². The summed E-state index contributed by atoms with van der Waals surface area (Å²) in [7, 11) is -1.55. The van der Waals surface area contributed by atoms with Gasteiger partial charge in [-0.15, -0.1) is 0 Å². The summed E-state index contributed by atoms with van der Waals surface area (Å²) < 4.78 is 27.8. The Morgan fingerprint density at radius 2 is 2.21 bits per heavy atom. The van der Waals surface area contributed by atoms with Gasteiger partial charge in [-0.25, -0.2) is 8.42 Å². The van der Waals surface area contributed by atoms with Crippen LogP contribution in [-0.2, 0) is 19.4 Å². The number of sulfone groups is 1. The molecule has 0 aromatic rings. The average molecular weight is 292 g/mol. The molecular weight excluding hydrogens is 268 g/mol. The molecule has 1 aliphatic heterocycles. The van der Waals surface area contributed by atoms with E-state index in [1.165, 1.54) is 7.11 Å². The number of hydrogen-bond donors (Lipinski definition) is 1. The molecule has 1 rings (SSSR count). The van der Waals surface area contributed by atoms with Crippen molar-refractivity contribution in [2.24, 2.45) is 0 Å². The molecule has 2 unspecified atom stereocenters. The number of esters is 1. The Labute approximate surface area is 115 Å². The first-order valence-corrected chi connectivity index (χ1v) is 8.47. The third-order valence-electron chi connectivity index (χ3n) is 3.35. The number of hydrogen-bond acceptors (Lipinski definition) is 6. The molecule has 0 spiro atoms. The molecule has 0 aliphatic carbocycles. The van der Waals surface area contributed by atoms with Gasteiger partial charge in [-0.05, 0) is 19.9 Å². The minimum Gasteiger partial charge on any atom is -0.468 e. The van der Waals surface area contributed by atoms with Gasteiger partial charge >= 0.3 is 5.97 Å². The lowest BCUT2D eigenvalue weighted by Crippen LogP contribution is -2.54. The minimum atomic E-state index is -2.92. The van der Waals surface area contributed by atoms with Crippen LogP contribution in [0.1, 0.15) is 20.3 Å². The van der Waals surface area contributed by atoms with Crippen molar-refractivity contribution in [1.82, 2.24) is 10.2 Å². The number of ether oxygens (including phenoxy) is 1. The molecule has 0 aromatic carbocycles. The quantitative estimate of drug-likeness (QED) is 0.674. The van der Waals surface area contributed by atoms with E-state index in [0.29, 0.717) is 13.1 Å². The van der Waals surface area contributed by atoms with E-state index < -0.39 is 15.9 Å². The van der Waals surface area contributed by atoms with Crippen molar-refractivity contribution < 1.29 is 17.9 Å². The smallest absolute Gasteiger partial charge is 0.324 e. The highest BCUT2D eigenvalue weighted by molar-refractivity contribution is 7.91. The van der Waals surface area contributed by atoms with Crippen molar-refractivity contribution >= 4 is 15.8 Å². The highest BCUT2D eigenvalue weighted by Gasteiger charge is 2.31. The van der Waals surface area contributed by atoms with Gasteiger partial charge in [0.25, 0.3) is 0 Å². The lowest BCUT2D eigenvalue weighted by Gasteiger charge is -2.35. The van der Waals surface area contributed by atoms with E-state index in [1.807, 2.05) is 18.7 Å². The summed E-state index contributed by atoms with van der Waals surface area (Å²) in [6, 6.07) is -0.456. The molecular formula is C12H24N2O4S. The van der Waals surface area contributed by atoms with Gasteiger partial charge in [0, 0.05) is 19.1 Å². The predicted octanol–water partition coefficient (Wildman–Crippen LogP) is -0.353. The summed E-state index contributed by atoms with van der Waals surface area (Å²) in [5.74, 6) is 0.0299. The zero-order valence-corrected chi connectivity index (χ0v) is 12.7. The van der Waals surface area contributed by atoms with Crippen molar-refractivity contribution in [3.8, 4) is 0 Å². The molecule has 0 radical (unpaired) electrons. The van der Waals surface area contributed by atoms with Gasteiger partial charge in [0.1, 0.15) is 6.04 Å². The fourth-order valence-electron chi connectivity index (χ4n) is 2.22. The van der Waals surface area contributed by atoms with Gasteiger partial charge in [-0.3, -0.25) is 9.69 Å². The van der Waals surface area contributed by atoms with E-state index in [9.17, 15) is 13.2 Å². The average Bonchev–Trinajstić information content (AvgIpc) is 2.35. The second-order valence-corrected chi connectivity index (χ2v) is 7.22. The predicted molar refractivity (Wildman–Crippen MR) is 73.8 cm³/mol. The SMILES string of the molecule is CCCNC(CN1CCS(=O)(=O)CC1C)C(=O)OC. The molecule has 2 atom stereocenters. The largest absolute Gasteiger partial charge is 0.468 e. The van der Waals surface area contributed by atoms with Crippen LogP contribution in [0.2, 0.25) is 0 Å². The number of carbonyl (C=O) groups excluding carboxylic acids is 1. The molecule has 1 aliphatic rings. The molecule has 0 bridgehead atoms. The van der Waals surface area contributed by atoms with Gasteiger partial charge in [-0.1, -0.05) is 6.92 Å². The highest BCUT2D eigenvalue weighted by Crippen LogP contribution is 2.12. The Hall–Kier alpha value is -0.660. The molecule has 19 heavy (non-hydrogen) atoms. The number of nitrogens with one attached hydrogen (secondary N) is 1. The highest BCUT2D eigenvalue weighted by atomic mass is 32.2. The molecule has 7 heteroatoms. The van der Waals surface area contributed by atoms with Crippen molar-refractivity contribution in [2.75, 3.05) is 38.2 Å². The lowest BCUT2D eigenvalue weighted by molar-refractivity contribution is -0.143. The maximum atomic E-state index is 11.7. The maximum Gasteiger partial charge on any atom is 0.324 e. The number of nitrogens with zero attached hydrogens (tertiary/aromatic N) is 1. The first-order chi connectivity index (χ1) is 8.89. The van der Waals surface area contributed by atoms with Crippen molar-refractivity contribution in [3.05, 3.63) is 0 Å². The number of methoxy groups -OCH3 is 1. The summed E-state index contributed by atoms with van der Waals surface area (Å²) in [6.07, 6.45) is 0.928. The van der Waals surface area contributed by atoms with Crippen LogP contribution in [0.5, 0.6) is 0 Å². The van der Waals surface area contributed by atoms with Crippen LogP contribution in [0.15, 0.2) is 0 Å². The van der Waals surface area contributed by atoms with Crippen LogP contribution in [0.3, 0.4) is 0 Å². The van der Waals surface area contributed by atoms with Gasteiger partial charge in [-0.2, -0.15) is 0 Å². The molecule has 0 aromatic heterocycles. The zero-order chi connectivity index (χ0) is 14.5. The van der Waals surface area contributed by atoms with Crippen molar-refractivity contribution in [2.45, 2.75) is 32.4 Å². The van der Waals surface area contributed by atoms with Gasteiger partial charge in [0.05, 0.1) is 18.6 Å². The summed E-state index contributed by atoms with van der Waals surface area (Å²) in [5.41, 5.74) is 0. The van der Waals surface area contributed by atoms with Crippen LogP contribution in [-0.4, -0.2) is 69.6 Å². The van der Waals surface area contributed by atoms with Crippen LogP contribution >= 0.6 is 0 Å². The van der Waals surface area contributed by atoms with E-state index in [0.717, 1.165) is 13.0 Å². The second-order valence-electron chi connectivity index (χ2n) is 4.99. The van der Waals surface area contributed by atoms with E-state index >= 15 is 0 Å². The topological polar surface area (TPSA) is 75.7 Å². The molecule has 1 heterocycles. The van der Waals surface area contributed by atoms with Crippen LogP contribution < -0.4 is 5.32 Å². The summed E-state index contributed by atoms with van der Waals surface area (Å²) in [5, 5.41) is 3.14.